The summed E-state index contributed by atoms with van der Waals surface area (Å²) in [6.07, 6.45) is 5.09. The van der Waals surface area contributed by atoms with Crippen LogP contribution in [0.25, 0.3) is 10.6 Å². The summed E-state index contributed by atoms with van der Waals surface area (Å²) in [5.41, 5.74) is 2.95. The van der Waals surface area contributed by atoms with Crippen LogP contribution < -0.4 is 0 Å². The predicted molar refractivity (Wildman–Crippen MR) is 151 cm³/mol. The molecule has 3 aromatic heterocycles. The summed E-state index contributed by atoms with van der Waals surface area (Å²) < 4.78 is 13.2. The number of halogens is 1. The van der Waals surface area contributed by atoms with E-state index in [1.54, 1.807) is 41.0 Å². The van der Waals surface area contributed by atoms with Gasteiger partial charge in [-0.15, -0.1) is 11.3 Å². The number of piperidine rings is 1. The molecule has 192 valence electrons. The van der Waals surface area contributed by atoms with Crippen LogP contribution in [0.1, 0.15) is 41.1 Å². The van der Waals surface area contributed by atoms with Gasteiger partial charge >= 0.3 is 0 Å². The van der Waals surface area contributed by atoms with Crippen LogP contribution in [-0.4, -0.2) is 53.4 Å². The molecule has 4 nitrogen and oxygen atoms in total. The molecular formula is C30H32FN3OS2. The molecule has 6 rings (SSSR count). The smallest absolute Gasteiger partial charge is 0.254 e. The number of carbonyl (C=O) groups is 1. The Morgan fingerprint density at radius 3 is 2.43 bits per heavy atom. The van der Waals surface area contributed by atoms with Crippen LogP contribution in [0.3, 0.4) is 0 Å². The van der Waals surface area contributed by atoms with Crippen LogP contribution in [-0.2, 0) is 0 Å². The largest absolute Gasteiger partial charge is 0.338 e. The van der Waals surface area contributed by atoms with E-state index in [1.807, 2.05) is 69.6 Å². The topological polar surface area (TPSA) is 36.4 Å². The summed E-state index contributed by atoms with van der Waals surface area (Å²) >= 11 is 3.29. The highest BCUT2D eigenvalue weighted by Crippen LogP contribution is 2.30. The zero-order valence-corrected chi connectivity index (χ0v) is 22.5. The van der Waals surface area contributed by atoms with E-state index in [2.05, 4.69) is 9.88 Å². The Balaban J connectivity index is 0.000000503. The number of nitrogens with zero attached hydrogens (tertiary/aromatic N) is 3. The summed E-state index contributed by atoms with van der Waals surface area (Å²) in [7, 11) is 0. The van der Waals surface area contributed by atoms with Gasteiger partial charge in [-0.2, -0.15) is 11.3 Å². The molecule has 0 N–H and O–H groups in total. The number of aromatic nitrogens is 1. The Labute approximate surface area is 226 Å². The Kier molecular flexibility index (Phi) is 8.76. The van der Waals surface area contributed by atoms with Gasteiger partial charge < -0.3 is 9.80 Å². The molecule has 2 fully saturated rings. The standard InChI is InChI=1S/C26H28FN3OS.C4H4S/c27-23-6-4-20(5-7-23)21-9-12-29(13-10-21)16-19-8-14-30(17-19)26(31)22-15-25(32-18-22)24-3-1-2-11-28-24;1-2-4-5-3-1/h1-7,11,15,18-19,21H,8-10,12-14,16-17H2;1-4H/t19-;/m1./s1. The zero-order chi connectivity index (χ0) is 25.5. The van der Waals surface area contributed by atoms with E-state index in [0.29, 0.717) is 11.8 Å². The monoisotopic (exact) mass is 533 g/mol. The number of amides is 1. The van der Waals surface area contributed by atoms with Gasteiger partial charge in [-0.3, -0.25) is 9.78 Å². The average Bonchev–Trinajstić information content (AvgIpc) is 3.74. The molecule has 2 aliphatic heterocycles. The summed E-state index contributed by atoms with van der Waals surface area (Å²) in [6.45, 7) is 4.88. The molecule has 2 aliphatic rings. The summed E-state index contributed by atoms with van der Waals surface area (Å²) in [4.78, 5) is 23.0. The van der Waals surface area contributed by atoms with E-state index in [4.69, 9.17) is 0 Å². The van der Waals surface area contributed by atoms with E-state index >= 15 is 0 Å². The van der Waals surface area contributed by atoms with Gasteiger partial charge in [0.15, 0.2) is 0 Å². The number of hydrogen-bond donors (Lipinski definition) is 0. The highest BCUT2D eigenvalue weighted by Gasteiger charge is 2.30. The minimum Gasteiger partial charge on any atom is -0.338 e. The highest BCUT2D eigenvalue weighted by molar-refractivity contribution is 7.13. The second-order valence-corrected chi connectivity index (χ2v) is 11.5. The van der Waals surface area contributed by atoms with E-state index < -0.39 is 0 Å². The zero-order valence-electron chi connectivity index (χ0n) is 20.8. The molecule has 1 atom stereocenters. The minimum absolute atomic E-state index is 0.140. The first kappa shape index (κ1) is 25.8. The van der Waals surface area contributed by atoms with Crippen molar-refractivity contribution in [3.63, 3.8) is 0 Å². The lowest BCUT2D eigenvalue weighted by molar-refractivity contribution is 0.0782. The van der Waals surface area contributed by atoms with Crippen LogP contribution in [0.4, 0.5) is 4.39 Å². The molecule has 0 radical (unpaired) electrons. The molecule has 0 spiro atoms. The van der Waals surface area contributed by atoms with Gasteiger partial charge in [0.05, 0.1) is 16.1 Å². The van der Waals surface area contributed by atoms with Crippen LogP contribution in [0.5, 0.6) is 0 Å². The third-order valence-electron chi connectivity index (χ3n) is 7.21. The van der Waals surface area contributed by atoms with Crippen molar-refractivity contribution in [3.05, 3.63) is 99.9 Å². The van der Waals surface area contributed by atoms with Gasteiger partial charge in [0.25, 0.3) is 5.91 Å². The molecule has 7 heteroatoms. The first-order valence-electron chi connectivity index (χ1n) is 12.9. The lowest BCUT2D eigenvalue weighted by Gasteiger charge is -2.33. The molecule has 0 bridgehead atoms. The van der Waals surface area contributed by atoms with Crippen molar-refractivity contribution in [1.82, 2.24) is 14.8 Å². The summed E-state index contributed by atoms with van der Waals surface area (Å²) in [6, 6.07) is 18.9. The SMILES string of the molecule is O=C(c1csc(-c2ccccn2)c1)N1CC[C@H](CN2CCC(c3ccc(F)cc3)CC2)C1.c1ccsc1. The fourth-order valence-corrected chi connectivity index (χ4v) is 6.53. The highest BCUT2D eigenvalue weighted by atomic mass is 32.1. The van der Waals surface area contributed by atoms with Gasteiger partial charge in [-0.05, 0) is 90.8 Å². The van der Waals surface area contributed by atoms with Gasteiger partial charge in [0.2, 0.25) is 0 Å². The molecular weight excluding hydrogens is 501 g/mol. The van der Waals surface area contributed by atoms with Gasteiger partial charge in [0.1, 0.15) is 5.82 Å². The van der Waals surface area contributed by atoms with Crippen molar-refractivity contribution >= 4 is 28.6 Å². The Morgan fingerprint density at radius 2 is 1.76 bits per heavy atom. The quantitative estimate of drug-likeness (QED) is 0.276. The van der Waals surface area contributed by atoms with Crippen molar-refractivity contribution in [2.75, 3.05) is 32.7 Å². The summed E-state index contributed by atoms with van der Waals surface area (Å²) in [5, 5.41) is 6.04. The van der Waals surface area contributed by atoms with Crippen LogP contribution in [0, 0.1) is 11.7 Å². The second-order valence-electron chi connectivity index (χ2n) is 9.74. The maximum absolute atomic E-state index is 13.2. The van der Waals surface area contributed by atoms with E-state index in [0.717, 1.165) is 68.1 Å². The maximum atomic E-state index is 13.2. The number of hydrogen-bond acceptors (Lipinski definition) is 5. The molecule has 0 saturated carbocycles. The number of rotatable bonds is 5. The molecule has 0 unspecified atom stereocenters. The molecule has 2 saturated heterocycles. The van der Waals surface area contributed by atoms with Gasteiger partial charge in [0, 0.05) is 31.2 Å². The number of benzene rings is 1. The normalized spacial score (nSPS) is 18.4. The minimum atomic E-state index is -0.165. The number of thiophene rings is 2. The number of likely N-dealkylation sites (tertiary alicyclic amines) is 2. The number of pyridine rings is 1. The van der Waals surface area contributed by atoms with Gasteiger partial charge in [-0.1, -0.05) is 30.3 Å². The fourth-order valence-electron chi connectivity index (χ4n) is 5.22. The Hall–Kier alpha value is -2.87. The van der Waals surface area contributed by atoms with Gasteiger partial charge in [-0.25, -0.2) is 4.39 Å². The second kappa shape index (κ2) is 12.6. The molecule has 37 heavy (non-hydrogen) atoms. The van der Waals surface area contributed by atoms with Crippen LogP contribution in [0.2, 0.25) is 0 Å². The number of carbonyl (C=O) groups excluding carboxylic acids is 1. The molecule has 1 amide bonds. The predicted octanol–water partition coefficient (Wildman–Crippen LogP) is 7.04. The van der Waals surface area contributed by atoms with Crippen LogP contribution >= 0.6 is 22.7 Å². The summed E-state index contributed by atoms with van der Waals surface area (Å²) in [5.74, 6) is 1.04. The maximum Gasteiger partial charge on any atom is 0.254 e. The van der Waals surface area contributed by atoms with Crippen molar-refractivity contribution in [1.29, 1.82) is 0 Å². The van der Waals surface area contributed by atoms with Crippen molar-refractivity contribution in [3.8, 4) is 10.6 Å². The lowest BCUT2D eigenvalue weighted by atomic mass is 9.89. The third kappa shape index (κ3) is 6.92. The Morgan fingerprint density at radius 1 is 0.973 bits per heavy atom. The molecule has 1 aromatic carbocycles. The van der Waals surface area contributed by atoms with E-state index in [9.17, 15) is 9.18 Å². The fraction of sp³-hybridized carbons (Fsp3) is 0.333. The molecule has 4 aromatic rings. The van der Waals surface area contributed by atoms with Crippen molar-refractivity contribution < 1.29 is 9.18 Å². The molecule has 5 heterocycles. The lowest BCUT2D eigenvalue weighted by Crippen LogP contribution is -2.37. The van der Waals surface area contributed by atoms with Crippen molar-refractivity contribution in [2.45, 2.75) is 25.2 Å². The third-order valence-corrected chi connectivity index (χ3v) is 8.79. The van der Waals surface area contributed by atoms with Crippen molar-refractivity contribution in [2.24, 2.45) is 5.92 Å². The average molecular weight is 534 g/mol. The van der Waals surface area contributed by atoms with E-state index in [-0.39, 0.29) is 11.7 Å². The molecule has 0 aliphatic carbocycles. The first-order valence-corrected chi connectivity index (χ1v) is 14.7. The van der Waals surface area contributed by atoms with Crippen LogP contribution in [0.15, 0.2) is 83.0 Å². The first-order chi connectivity index (χ1) is 18.2. The van der Waals surface area contributed by atoms with E-state index in [1.165, 1.54) is 5.56 Å². The Bertz CT molecular complexity index is 1220.